The lowest BCUT2D eigenvalue weighted by molar-refractivity contribution is 0.300. The van der Waals surface area contributed by atoms with E-state index in [9.17, 15) is 0 Å². The number of aromatic nitrogens is 3. The van der Waals surface area contributed by atoms with Crippen LogP contribution in [-0.4, -0.2) is 27.6 Å². The number of aryl methyl sites for hydroxylation is 1. The Hall–Kier alpha value is -0.900. The molecule has 0 atom stereocenters. The van der Waals surface area contributed by atoms with E-state index in [1.54, 1.807) is 4.68 Å². The van der Waals surface area contributed by atoms with E-state index in [1.165, 1.54) is 0 Å². The van der Waals surface area contributed by atoms with Crippen LogP contribution in [0.1, 0.15) is 39.8 Å². The fourth-order valence-electron chi connectivity index (χ4n) is 1.94. The minimum Gasteiger partial charge on any atom is -0.315 e. The molecule has 1 heterocycles. The molecule has 4 heteroatoms. The normalized spacial score (nSPS) is 13.2. The molecule has 0 amide bonds. The number of hydrogen-bond donors (Lipinski definition) is 1. The van der Waals surface area contributed by atoms with Gasteiger partial charge < -0.3 is 5.32 Å². The van der Waals surface area contributed by atoms with Crippen LogP contribution < -0.4 is 5.32 Å². The highest BCUT2D eigenvalue weighted by atomic mass is 15.4. The zero-order chi connectivity index (χ0) is 11.7. The van der Waals surface area contributed by atoms with Gasteiger partial charge in [0.1, 0.15) is 0 Å². The van der Waals surface area contributed by atoms with Crippen molar-refractivity contribution >= 4 is 0 Å². The molecular formula is C11H22N4. The fraction of sp³-hybridized carbons (Fsp3) is 0.818. The number of rotatable bonds is 4. The summed E-state index contributed by atoms with van der Waals surface area (Å²) in [6, 6.07) is 0. The zero-order valence-electron chi connectivity index (χ0n) is 10.6. The van der Waals surface area contributed by atoms with Crippen molar-refractivity contribution in [2.45, 2.75) is 45.1 Å². The van der Waals surface area contributed by atoms with Gasteiger partial charge in [-0.15, -0.1) is 5.10 Å². The van der Waals surface area contributed by atoms with Crippen LogP contribution >= 0.6 is 0 Å². The van der Waals surface area contributed by atoms with Crippen LogP contribution in [0.3, 0.4) is 0 Å². The summed E-state index contributed by atoms with van der Waals surface area (Å²) in [6.07, 6.45) is 3.01. The summed E-state index contributed by atoms with van der Waals surface area (Å²) < 4.78 is 1.75. The van der Waals surface area contributed by atoms with Gasteiger partial charge in [-0.2, -0.15) is 0 Å². The average molecular weight is 210 g/mol. The van der Waals surface area contributed by atoms with Crippen LogP contribution in [0.4, 0.5) is 0 Å². The quantitative estimate of drug-likeness (QED) is 0.818. The SMILES string of the molecule is CNC(C)(C)CC(C)(C)c1cn(C)nn1. The monoisotopic (exact) mass is 210 g/mol. The largest absolute Gasteiger partial charge is 0.315 e. The predicted molar refractivity (Wildman–Crippen MR) is 61.8 cm³/mol. The Bertz CT molecular complexity index is 325. The van der Waals surface area contributed by atoms with Crippen LogP contribution in [-0.2, 0) is 12.5 Å². The molecule has 1 aromatic rings. The Balaban J connectivity index is 2.84. The molecule has 0 saturated carbocycles. The molecule has 0 spiro atoms. The second kappa shape index (κ2) is 3.93. The zero-order valence-corrected chi connectivity index (χ0v) is 10.6. The van der Waals surface area contributed by atoms with Gasteiger partial charge in [0.05, 0.1) is 5.69 Å². The molecule has 0 aliphatic heterocycles. The van der Waals surface area contributed by atoms with E-state index in [0.717, 1.165) is 12.1 Å². The van der Waals surface area contributed by atoms with Gasteiger partial charge >= 0.3 is 0 Å². The molecule has 86 valence electrons. The maximum Gasteiger partial charge on any atom is 0.0883 e. The van der Waals surface area contributed by atoms with E-state index in [-0.39, 0.29) is 11.0 Å². The topological polar surface area (TPSA) is 42.7 Å². The maximum atomic E-state index is 4.19. The number of hydrogen-bond acceptors (Lipinski definition) is 3. The summed E-state index contributed by atoms with van der Waals surface area (Å²) in [5, 5.41) is 11.5. The molecule has 1 N–H and O–H groups in total. The molecule has 15 heavy (non-hydrogen) atoms. The molecule has 0 unspecified atom stereocenters. The molecule has 0 radical (unpaired) electrons. The van der Waals surface area contributed by atoms with E-state index in [0.29, 0.717) is 0 Å². The second-order valence-electron chi connectivity index (χ2n) is 5.47. The van der Waals surface area contributed by atoms with Crippen molar-refractivity contribution in [3.63, 3.8) is 0 Å². The van der Waals surface area contributed by atoms with Gasteiger partial charge in [0.25, 0.3) is 0 Å². The summed E-state index contributed by atoms with van der Waals surface area (Å²) in [6.45, 7) is 8.81. The third-order valence-electron chi connectivity index (χ3n) is 2.86. The highest BCUT2D eigenvalue weighted by molar-refractivity contribution is 5.10. The van der Waals surface area contributed by atoms with Crippen LogP contribution in [0.25, 0.3) is 0 Å². The van der Waals surface area contributed by atoms with E-state index < -0.39 is 0 Å². The van der Waals surface area contributed by atoms with Gasteiger partial charge in [-0.05, 0) is 27.3 Å². The minimum atomic E-state index is 0.0424. The van der Waals surface area contributed by atoms with Gasteiger partial charge in [-0.1, -0.05) is 19.1 Å². The van der Waals surface area contributed by atoms with Crippen LogP contribution in [0.5, 0.6) is 0 Å². The molecule has 1 aromatic heterocycles. The van der Waals surface area contributed by atoms with E-state index >= 15 is 0 Å². The van der Waals surface area contributed by atoms with Crippen molar-refractivity contribution in [1.29, 1.82) is 0 Å². The van der Waals surface area contributed by atoms with Gasteiger partial charge in [-0.3, -0.25) is 4.68 Å². The minimum absolute atomic E-state index is 0.0424. The van der Waals surface area contributed by atoms with Crippen molar-refractivity contribution in [2.24, 2.45) is 7.05 Å². The van der Waals surface area contributed by atoms with Gasteiger partial charge in [0.2, 0.25) is 0 Å². The summed E-state index contributed by atoms with van der Waals surface area (Å²) in [4.78, 5) is 0. The van der Waals surface area contributed by atoms with Gasteiger partial charge in [-0.25, -0.2) is 0 Å². The Labute approximate surface area is 92.1 Å². The average Bonchev–Trinajstić information content (AvgIpc) is 2.51. The lowest BCUT2D eigenvalue weighted by Crippen LogP contribution is -2.42. The smallest absolute Gasteiger partial charge is 0.0883 e. The van der Waals surface area contributed by atoms with Crippen LogP contribution in [0.2, 0.25) is 0 Å². The molecule has 0 bridgehead atoms. The first kappa shape index (κ1) is 12.2. The van der Waals surface area contributed by atoms with E-state index in [1.807, 2.05) is 20.3 Å². The molecule has 4 nitrogen and oxygen atoms in total. The summed E-state index contributed by atoms with van der Waals surface area (Å²) in [5.41, 5.74) is 1.20. The Kier molecular flexibility index (Phi) is 3.19. The van der Waals surface area contributed by atoms with Crippen molar-refractivity contribution in [1.82, 2.24) is 20.3 Å². The Morgan fingerprint density at radius 1 is 1.33 bits per heavy atom. The number of nitrogens with one attached hydrogen (secondary N) is 1. The van der Waals surface area contributed by atoms with Crippen LogP contribution in [0, 0.1) is 0 Å². The van der Waals surface area contributed by atoms with Crippen LogP contribution in [0.15, 0.2) is 6.20 Å². The standard InChI is InChI=1S/C11H22N4/c1-10(2,8-11(3,4)12-5)9-7-15(6)14-13-9/h7,12H,8H2,1-6H3. The van der Waals surface area contributed by atoms with Gasteiger partial charge in [0, 0.05) is 24.2 Å². The van der Waals surface area contributed by atoms with Crippen molar-refractivity contribution < 1.29 is 0 Å². The Morgan fingerprint density at radius 3 is 2.33 bits per heavy atom. The molecule has 0 fully saturated rings. The highest BCUT2D eigenvalue weighted by Gasteiger charge is 2.31. The number of nitrogens with zero attached hydrogens (tertiary/aromatic N) is 3. The lowest BCUT2D eigenvalue weighted by Gasteiger charge is -2.33. The van der Waals surface area contributed by atoms with Crippen molar-refractivity contribution in [3.8, 4) is 0 Å². The first-order valence-electron chi connectivity index (χ1n) is 5.32. The fourth-order valence-corrected chi connectivity index (χ4v) is 1.94. The maximum absolute atomic E-state index is 4.19. The van der Waals surface area contributed by atoms with Gasteiger partial charge in [0.15, 0.2) is 0 Å². The molecule has 1 rings (SSSR count). The molecule has 0 aliphatic carbocycles. The lowest BCUT2D eigenvalue weighted by atomic mass is 9.78. The first-order chi connectivity index (χ1) is 6.77. The molecule has 0 aliphatic rings. The molecular weight excluding hydrogens is 188 g/mol. The third-order valence-corrected chi connectivity index (χ3v) is 2.86. The summed E-state index contributed by atoms with van der Waals surface area (Å²) in [7, 11) is 3.89. The summed E-state index contributed by atoms with van der Waals surface area (Å²) in [5.74, 6) is 0. The third kappa shape index (κ3) is 3.02. The van der Waals surface area contributed by atoms with Crippen molar-refractivity contribution in [2.75, 3.05) is 7.05 Å². The van der Waals surface area contributed by atoms with E-state index in [2.05, 4.69) is 43.3 Å². The Morgan fingerprint density at radius 2 is 1.93 bits per heavy atom. The molecule has 0 aromatic carbocycles. The summed E-state index contributed by atoms with van der Waals surface area (Å²) >= 11 is 0. The van der Waals surface area contributed by atoms with E-state index in [4.69, 9.17) is 0 Å². The second-order valence-corrected chi connectivity index (χ2v) is 5.47. The predicted octanol–water partition coefficient (Wildman–Crippen LogP) is 1.48. The van der Waals surface area contributed by atoms with Crippen molar-refractivity contribution in [3.05, 3.63) is 11.9 Å². The highest BCUT2D eigenvalue weighted by Crippen LogP contribution is 2.30. The molecule has 0 saturated heterocycles. The first-order valence-corrected chi connectivity index (χ1v) is 5.32.